The number of anilines is 1. The third-order valence-corrected chi connectivity index (χ3v) is 5.49. The van der Waals surface area contributed by atoms with Crippen LogP contribution < -0.4 is 5.31 Å². The number of rotatable bonds is 5. The molecule has 0 aliphatic carbocycles. The zero-order valence-corrected chi connectivity index (χ0v) is 16.0. The van der Waals surface area contributed by atoms with Crippen molar-refractivity contribution in [3.63, 3.8) is 0 Å². The van der Waals surface area contributed by atoms with E-state index in [1.54, 1.807) is 11.0 Å². The highest BCUT2D eigenvalue weighted by Crippen LogP contribution is 2.33. The fraction of sp³-hybridized carbons (Fsp3) is 0.409. The van der Waals surface area contributed by atoms with Gasteiger partial charge in [-0.25, -0.2) is 14.4 Å². The van der Waals surface area contributed by atoms with Crippen LogP contribution in [0.4, 0.5) is 10.2 Å². The number of hydrogen-bond acceptors (Lipinski definition) is 6. The van der Waals surface area contributed by atoms with Crippen LogP contribution in [0.2, 0.25) is 1.41 Å². The summed E-state index contributed by atoms with van der Waals surface area (Å²) < 4.78 is 112. The zero-order chi connectivity index (χ0) is 30.7. The molecule has 4 rings (SSSR count). The van der Waals surface area contributed by atoms with Gasteiger partial charge in [-0.15, -0.1) is 11.3 Å². The minimum Gasteiger partial charge on any atom is -0.367 e. The number of piperidine rings is 1. The number of likely N-dealkylation sites (tertiary alicyclic amines) is 1. The summed E-state index contributed by atoms with van der Waals surface area (Å²) in [6.45, 7) is -7.40. The monoisotopic (exact) mass is 421 g/mol. The lowest BCUT2D eigenvalue weighted by Crippen LogP contribution is -2.38. The normalized spacial score (nSPS) is 25.1. The molecule has 1 aliphatic heterocycles. The number of nitrogens with zero attached hydrogens (tertiary/aromatic N) is 4. The number of aromatic nitrogens is 2. The number of fused-ring (bicyclic) bond motifs is 1. The molecule has 3 heterocycles. The fourth-order valence-electron chi connectivity index (χ4n) is 3.03. The second-order valence-corrected chi connectivity index (χ2v) is 7.45. The minimum absolute atomic E-state index is 0.00569. The van der Waals surface area contributed by atoms with Gasteiger partial charge in [0.15, 0.2) is 1.41 Å². The first-order chi connectivity index (χ1) is 18.9. The van der Waals surface area contributed by atoms with E-state index in [0.717, 1.165) is 6.07 Å². The molecule has 1 aliphatic rings. The van der Waals surface area contributed by atoms with Gasteiger partial charge in [-0.2, -0.15) is 5.26 Å². The first kappa shape index (κ1) is 9.96. The van der Waals surface area contributed by atoms with Gasteiger partial charge in [0.25, 0.3) is 0 Å². The van der Waals surface area contributed by atoms with Crippen LogP contribution in [0, 0.1) is 17.1 Å². The van der Waals surface area contributed by atoms with Crippen molar-refractivity contribution in [2.75, 3.05) is 18.4 Å². The number of nitrogens with one attached hydrogen (secondary N) is 1. The van der Waals surface area contributed by atoms with Gasteiger partial charge in [0.1, 0.15) is 30.2 Å². The molecule has 1 atom stereocenters. The van der Waals surface area contributed by atoms with Crippen molar-refractivity contribution >= 4 is 27.4 Å². The largest absolute Gasteiger partial charge is 0.367 e. The van der Waals surface area contributed by atoms with Crippen LogP contribution in [-0.2, 0) is 6.52 Å². The molecule has 0 spiro atoms. The summed E-state index contributed by atoms with van der Waals surface area (Å²) in [5, 5.41) is 9.54. The molecule has 0 radical (unpaired) electrons. The molecule has 1 unspecified atom stereocenters. The van der Waals surface area contributed by atoms with Crippen molar-refractivity contribution in [1.82, 2.24) is 14.9 Å². The molecular formula is C22H24FN5S. The second kappa shape index (κ2) is 8.44. The molecule has 3 aromatic rings. The molecule has 0 saturated carbocycles. The highest BCUT2D eigenvalue weighted by Gasteiger charge is 2.21. The van der Waals surface area contributed by atoms with Crippen LogP contribution in [-0.4, -0.2) is 34.0 Å². The Balaban J connectivity index is 1.68. The van der Waals surface area contributed by atoms with Crippen molar-refractivity contribution in [3.8, 4) is 6.07 Å². The van der Waals surface area contributed by atoms with Crippen molar-refractivity contribution in [2.24, 2.45) is 0 Å². The lowest BCUT2D eigenvalue weighted by atomic mass is 10.0. The summed E-state index contributed by atoms with van der Waals surface area (Å²) in [5.74, 6) is -4.25. The molecule has 1 N–H and O–H groups in total. The van der Waals surface area contributed by atoms with Gasteiger partial charge in [0.05, 0.1) is 13.7 Å². The van der Waals surface area contributed by atoms with E-state index in [0.29, 0.717) is 22.2 Å². The van der Waals surface area contributed by atoms with Crippen LogP contribution in [0.25, 0.3) is 10.2 Å². The quantitative estimate of drug-likeness (QED) is 0.635. The number of hydrogen-bond donors (Lipinski definition) is 1. The maximum Gasteiger partial charge on any atom is 0.162 e. The van der Waals surface area contributed by atoms with Gasteiger partial charge >= 0.3 is 0 Å². The highest BCUT2D eigenvalue weighted by molar-refractivity contribution is 7.18. The predicted molar refractivity (Wildman–Crippen MR) is 115 cm³/mol. The predicted octanol–water partition coefficient (Wildman–Crippen LogP) is 4.90. The second-order valence-electron chi connectivity index (χ2n) is 6.45. The van der Waals surface area contributed by atoms with Crippen molar-refractivity contribution in [3.05, 3.63) is 52.4 Å². The summed E-state index contributed by atoms with van der Waals surface area (Å²) in [6.07, 6.45) is -0.615. The van der Waals surface area contributed by atoms with Gasteiger partial charge in [0, 0.05) is 41.5 Å². The lowest BCUT2D eigenvalue weighted by molar-refractivity contribution is 0.211. The molecule has 1 aromatic carbocycles. The number of thiophene rings is 1. The van der Waals surface area contributed by atoms with Gasteiger partial charge in [0.2, 0.25) is 0 Å². The summed E-state index contributed by atoms with van der Waals surface area (Å²) >= 11 is 0.462. The van der Waals surface area contributed by atoms with Crippen LogP contribution in [0.5, 0.6) is 0 Å². The zero-order valence-electron chi connectivity index (χ0n) is 27.2. The Morgan fingerprint density at radius 1 is 1.55 bits per heavy atom. The molecule has 2 aromatic heterocycles. The average Bonchev–Trinajstić information content (AvgIpc) is 3.22. The van der Waals surface area contributed by atoms with E-state index in [-0.39, 0.29) is 47.5 Å². The molecule has 0 amide bonds. The smallest absolute Gasteiger partial charge is 0.162 e. The van der Waals surface area contributed by atoms with Crippen LogP contribution in [0.1, 0.15) is 63.5 Å². The Kier molecular flexibility index (Phi) is 2.90. The first-order valence-electron chi connectivity index (χ1n) is 14.8. The molecular weight excluding hydrogens is 385 g/mol. The molecule has 7 heteroatoms. The van der Waals surface area contributed by atoms with Gasteiger partial charge in [-0.1, -0.05) is 19.8 Å². The molecule has 1 saturated heterocycles. The van der Waals surface area contributed by atoms with Crippen molar-refractivity contribution < 1.29 is 20.9 Å². The Bertz CT molecular complexity index is 1500. The Hall–Kier alpha value is -2.56. The van der Waals surface area contributed by atoms with Crippen LogP contribution in [0.15, 0.2) is 30.5 Å². The molecule has 150 valence electrons. The summed E-state index contributed by atoms with van der Waals surface area (Å²) in [7, 11) is 0. The minimum atomic E-state index is -3.36. The molecule has 1 fully saturated rings. The third-order valence-electron chi connectivity index (χ3n) is 4.49. The van der Waals surface area contributed by atoms with E-state index < -0.39 is 55.2 Å². The maximum absolute atomic E-state index is 13.7. The van der Waals surface area contributed by atoms with Gasteiger partial charge < -0.3 is 5.31 Å². The number of nitriles is 1. The lowest BCUT2D eigenvalue weighted by Gasteiger charge is -2.32. The van der Waals surface area contributed by atoms with E-state index in [2.05, 4.69) is 9.97 Å². The van der Waals surface area contributed by atoms with E-state index in [4.69, 9.17) is 21.8 Å². The first-order valence-corrected chi connectivity index (χ1v) is 9.60. The number of halogens is 1. The third kappa shape index (κ3) is 4.39. The molecule has 0 bridgehead atoms. The van der Waals surface area contributed by atoms with Gasteiger partial charge in [-0.3, -0.25) is 4.90 Å². The molecule has 29 heavy (non-hydrogen) atoms. The van der Waals surface area contributed by atoms with Crippen LogP contribution in [0.3, 0.4) is 0 Å². The number of benzene rings is 1. The van der Waals surface area contributed by atoms with Crippen molar-refractivity contribution in [2.45, 2.75) is 45.0 Å². The van der Waals surface area contributed by atoms with Crippen molar-refractivity contribution in [1.29, 1.82) is 5.26 Å². The standard InChI is InChI=1S/C22H24FN5S/c1-14(2)20-10-18-21(25-13-26-22(18)29-20)27-17-5-7-28(8-6-17)12-15-3-4-19(23)16(9-15)11-24/h3-4,9-10,13-14,17H,5-8,12H2,1-2H3,(H,25,26,27)/i1D3,2D3,10D,12D,13D,14D,17D/hD. The van der Waals surface area contributed by atoms with E-state index >= 15 is 0 Å². The summed E-state index contributed by atoms with van der Waals surface area (Å²) in [6, 6.07) is 3.18. The fourth-order valence-corrected chi connectivity index (χ4v) is 3.81. The Labute approximate surface area is 191 Å². The summed E-state index contributed by atoms with van der Waals surface area (Å²) in [5.41, 5.74) is 0.185. The topological polar surface area (TPSA) is 64.8 Å². The molecule has 5 nitrogen and oxygen atoms in total. The van der Waals surface area contributed by atoms with Gasteiger partial charge in [-0.05, 0) is 42.5 Å². The Morgan fingerprint density at radius 2 is 2.38 bits per heavy atom. The van der Waals surface area contributed by atoms with E-state index in [1.807, 2.05) is 0 Å². The van der Waals surface area contributed by atoms with E-state index in [1.165, 1.54) is 12.1 Å². The average molecular weight is 422 g/mol. The highest BCUT2D eigenvalue weighted by atomic mass is 32.1. The maximum atomic E-state index is 13.7. The Morgan fingerprint density at radius 3 is 3.14 bits per heavy atom. The van der Waals surface area contributed by atoms with E-state index in [9.17, 15) is 4.39 Å². The van der Waals surface area contributed by atoms with Crippen LogP contribution >= 0.6 is 11.3 Å². The summed E-state index contributed by atoms with van der Waals surface area (Å²) in [4.78, 5) is 8.71. The SMILES string of the molecule is [2H]c1nc(N([2H])C2([2H])CCN(C([2H])c3ccc(F)c(C#N)c3)CC2)c2c([2H])c(C([2H])(C([2H])([2H])[2H])C([2H])([2H])[2H])sc2n1.